The maximum Gasteiger partial charge on any atom is 0.401 e. The van der Waals surface area contributed by atoms with Crippen LogP contribution in [0.15, 0.2) is 47.6 Å². The molecule has 22 heavy (non-hydrogen) atoms. The molecule has 0 unspecified atom stereocenters. The Kier molecular flexibility index (Phi) is 3.86. The minimum absolute atomic E-state index is 0.176. The number of imidazole rings is 1. The van der Waals surface area contributed by atoms with Gasteiger partial charge in [-0.3, -0.25) is 4.55 Å². The monoisotopic (exact) mass is 357 g/mol. The van der Waals surface area contributed by atoms with Crippen molar-refractivity contribution in [2.24, 2.45) is 0 Å². The molecule has 1 heterocycles. The molecule has 5 nitrogen and oxygen atoms in total. The number of halogens is 2. The number of aromatic amines is 1. The minimum Gasteiger partial charge on any atom is -0.276 e. The fourth-order valence-electron chi connectivity index (χ4n) is 2.29. The molecule has 0 saturated carbocycles. The van der Waals surface area contributed by atoms with Gasteiger partial charge in [0.05, 0.1) is 0 Å². The number of aromatic nitrogens is 2. The number of rotatable bonds is 3. The standard InChI is InChI=1S/C14H10Cl2N2O3S/c15-10-6-5-9(11(16)7-10)8-18-13-4-2-1-3-12(13)17-14(18)22(19,20)21/h1-7H,8H2,(H,19,20,21)/p+1. The van der Waals surface area contributed by atoms with Crippen molar-refractivity contribution in [1.29, 1.82) is 0 Å². The van der Waals surface area contributed by atoms with E-state index in [1.165, 1.54) is 4.57 Å². The van der Waals surface area contributed by atoms with Gasteiger partial charge in [-0.05, 0) is 24.3 Å². The molecule has 0 fully saturated rings. The smallest absolute Gasteiger partial charge is 0.276 e. The van der Waals surface area contributed by atoms with Crippen LogP contribution >= 0.6 is 23.2 Å². The highest BCUT2D eigenvalue weighted by Crippen LogP contribution is 2.22. The van der Waals surface area contributed by atoms with E-state index < -0.39 is 10.1 Å². The van der Waals surface area contributed by atoms with Gasteiger partial charge >= 0.3 is 15.3 Å². The third-order valence-electron chi connectivity index (χ3n) is 3.27. The molecule has 0 aliphatic carbocycles. The zero-order chi connectivity index (χ0) is 15.9. The average Bonchev–Trinajstić information content (AvgIpc) is 2.81. The second kappa shape index (κ2) is 5.55. The molecule has 0 saturated heterocycles. The number of para-hydroxylation sites is 2. The molecule has 2 N–H and O–H groups in total. The number of fused-ring (bicyclic) bond motifs is 1. The Labute approximate surface area is 136 Å². The van der Waals surface area contributed by atoms with Crippen LogP contribution < -0.4 is 4.57 Å². The highest BCUT2D eigenvalue weighted by Gasteiger charge is 2.29. The molecule has 8 heteroatoms. The van der Waals surface area contributed by atoms with Gasteiger partial charge in [0.1, 0.15) is 6.54 Å². The van der Waals surface area contributed by atoms with Crippen molar-refractivity contribution in [2.45, 2.75) is 11.7 Å². The summed E-state index contributed by atoms with van der Waals surface area (Å²) in [6.07, 6.45) is 0. The van der Waals surface area contributed by atoms with Crippen LogP contribution in [0.3, 0.4) is 0 Å². The van der Waals surface area contributed by atoms with Crippen LogP contribution in [0.1, 0.15) is 5.56 Å². The maximum absolute atomic E-state index is 11.6. The van der Waals surface area contributed by atoms with Gasteiger partial charge < -0.3 is 0 Å². The van der Waals surface area contributed by atoms with Gasteiger partial charge in [-0.15, -0.1) is 0 Å². The number of benzene rings is 2. The Morgan fingerprint density at radius 1 is 1.14 bits per heavy atom. The predicted molar refractivity (Wildman–Crippen MR) is 83.9 cm³/mol. The van der Waals surface area contributed by atoms with Crippen LogP contribution in [-0.2, 0) is 16.7 Å². The summed E-state index contributed by atoms with van der Waals surface area (Å²) >= 11 is 12.0. The van der Waals surface area contributed by atoms with E-state index in [-0.39, 0.29) is 11.7 Å². The van der Waals surface area contributed by atoms with E-state index in [0.717, 1.165) is 0 Å². The first kappa shape index (κ1) is 15.3. The lowest BCUT2D eigenvalue weighted by atomic mass is 10.2. The maximum atomic E-state index is 11.6. The predicted octanol–water partition coefficient (Wildman–Crippen LogP) is 3.06. The molecule has 3 rings (SSSR count). The quantitative estimate of drug-likeness (QED) is 0.558. The van der Waals surface area contributed by atoms with Crippen molar-refractivity contribution in [3.05, 3.63) is 58.1 Å². The molecule has 0 aliphatic heterocycles. The van der Waals surface area contributed by atoms with E-state index in [1.807, 2.05) is 0 Å². The molecule has 2 aromatic carbocycles. The van der Waals surface area contributed by atoms with E-state index >= 15 is 0 Å². The lowest BCUT2D eigenvalue weighted by molar-refractivity contribution is -0.701. The lowest BCUT2D eigenvalue weighted by Gasteiger charge is -2.04. The summed E-state index contributed by atoms with van der Waals surface area (Å²) in [6, 6.07) is 12.0. The van der Waals surface area contributed by atoms with E-state index in [2.05, 4.69) is 4.98 Å². The summed E-state index contributed by atoms with van der Waals surface area (Å²) in [7, 11) is -4.40. The molecule has 0 radical (unpaired) electrons. The van der Waals surface area contributed by atoms with Gasteiger partial charge in [0.2, 0.25) is 0 Å². The fraction of sp³-hybridized carbons (Fsp3) is 0.0714. The molecule has 0 amide bonds. The van der Waals surface area contributed by atoms with Crippen LogP contribution in [0.4, 0.5) is 0 Å². The first-order valence-corrected chi connectivity index (χ1v) is 8.48. The second-order valence-electron chi connectivity index (χ2n) is 4.74. The molecule has 0 bridgehead atoms. The van der Waals surface area contributed by atoms with Gasteiger partial charge in [0, 0.05) is 15.6 Å². The van der Waals surface area contributed by atoms with E-state index in [1.54, 1.807) is 42.5 Å². The Bertz CT molecular complexity index is 967. The topological polar surface area (TPSA) is 74.0 Å². The van der Waals surface area contributed by atoms with Crippen molar-refractivity contribution in [3.63, 3.8) is 0 Å². The number of hydrogen-bond acceptors (Lipinski definition) is 2. The number of H-pyrrole nitrogens is 1. The van der Waals surface area contributed by atoms with E-state index in [9.17, 15) is 13.0 Å². The highest BCUT2D eigenvalue weighted by atomic mass is 35.5. The van der Waals surface area contributed by atoms with Crippen molar-refractivity contribution in [3.8, 4) is 0 Å². The average molecular weight is 358 g/mol. The van der Waals surface area contributed by atoms with Crippen LogP contribution in [0, 0.1) is 0 Å². The molecule has 114 valence electrons. The molecule has 0 aliphatic rings. The Hall–Kier alpha value is -1.60. The Morgan fingerprint density at radius 3 is 2.55 bits per heavy atom. The van der Waals surface area contributed by atoms with Gasteiger partial charge in [-0.25, -0.2) is 9.55 Å². The van der Waals surface area contributed by atoms with Crippen LogP contribution in [0.25, 0.3) is 11.0 Å². The van der Waals surface area contributed by atoms with Crippen LogP contribution in [0.5, 0.6) is 0 Å². The molecule has 0 spiro atoms. The Morgan fingerprint density at radius 2 is 1.86 bits per heavy atom. The zero-order valence-corrected chi connectivity index (χ0v) is 13.5. The summed E-state index contributed by atoms with van der Waals surface area (Å²) in [4.78, 5) is 2.71. The molecule has 3 aromatic rings. The first-order valence-electron chi connectivity index (χ1n) is 6.28. The number of nitrogens with zero attached hydrogens (tertiary/aromatic N) is 1. The van der Waals surface area contributed by atoms with Gasteiger partial charge in [-0.1, -0.05) is 41.4 Å². The largest absolute Gasteiger partial charge is 0.401 e. The summed E-state index contributed by atoms with van der Waals surface area (Å²) in [5, 5.41) is 0.624. The normalized spacial score (nSPS) is 12.0. The van der Waals surface area contributed by atoms with E-state index in [4.69, 9.17) is 23.2 Å². The van der Waals surface area contributed by atoms with Gasteiger partial charge in [0.25, 0.3) is 0 Å². The van der Waals surface area contributed by atoms with Crippen molar-refractivity contribution in [1.82, 2.24) is 4.98 Å². The summed E-state index contributed by atoms with van der Waals surface area (Å²) in [5.41, 5.74) is 1.92. The minimum atomic E-state index is -4.40. The van der Waals surface area contributed by atoms with Crippen molar-refractivity contribution >= 4 is 44.4 Å². The van der Waals surface area contributed by atoms with Gasteiger partial charge in [0.15, 0.2) is 11.0 Å². The van der Waals surface area contributed by atoms with Crippen LogP contribution in [-0.4, -0.2) is 18.0 Å². The first-order chi connectivity index (χ1) is 10.4. The lowest BCUT2D eigenvalue weighted by Crippen LogP contribution is -2.39. The number of nitrogens with one attached hydrogen (secondary N) is 1. The molecular formula is C14H11Cl2N2O3S+. The summed E-state index contributed by atoms with van der Waals surface area (Å²) in [6.45, 7) is 0.176. The third kappa shape index (κ3) is 2.83. The van der Waals surface area contributed by atoms with Crippen LogP contribution in [0.2, 0.25) is 10.0 Å². The van der Waals surface area contributed by atoms with E-state index in [0.29, 0.717) is 26.6 Å². The highest BCUT2D eigenvalue weighted by molar-refractivity contribution is 7.85. The molecule has 0 atom stereocenters. The van der Waals surface area contributed by atoms with Crippen molar-refractivity contribution < 1.29 is 17.5 Å². The molecular weight excluding hydrogens is 347 g/mol. The summed E-state index contributed by atoms with van der Waals surface area (Å²) < 4.78 is 34.1. The second-order valence-corrected chi connectivity index (χ2v) is 6.92. The zero-order valence-electron chi connectivity index (χ0n) is 11.1. The molecule has 1 aromatic heterocycles. The fourth-order valence-corrected chi connectivity index (χ4v) is 3.44. The number of hydrogen-bond donors (Lipinski definition) is 2. The SMILES string of the molecule is O=S(=O)(O)c1[nH]c2ccccc2[n+]1Cc1ccc(Cl)cc1Cl. The van der Waals surface area contributed by atoms with Crippen molar-refractivity contribution in [2.75, 3.05) is 0 Å². The summed E-state index contributed by atoms with van der Waals surface area (Å²) in [5.74, 6) is 0. The third-order valence-corrected chi connectivity index (χ3v) is 4.67. The Balaban J connectivity index is 2.21. The van der Waals surface area contributed by atoms with Gasteiger partial charge in [-0.2, -0.15) is 8.42 Å².